The van der Waals surface area contributed by atoms with Crippen LogP contribution in [0.25, 0.3) is 0 Å². The fourth-order valence-electron chi connectivity index (χ4n) is 4.06. The van der Waals surface area contributed by atoms with Crippen LogP contribution in [0.4, 0.5) is 0 Å². The molecule has 3 aromatic carbocycles. The number of rotatable bonds is 12. The van der Waals surface area contributed by atoms with Gasteiger partial charge in [-0.15, -0.1) is 0 Å². The molecule has 0 saturated carbocycles. The van der Waals surface area contributed by atoms with Gasteiger partial charge in [-0.2, -0.15) is 0 Å². The highest BCUT2D eigenvalue weighted by molar-refractivity contribution is 6.36. The number of hydrogen-bond donors (Lipinski definition) is 1. The summed E-state index contributed by atoms with van der Waals surface area (Å²) in [5, 5.41) is 3.99. The molecule has 2 amide bonds. The van der Waals surface area contributed by atoms with E-state index >= 15 is 0 Å². The third-order valence-electron chi connectivity index (χ3n) is 6.24. The first kappa shape index (κ1) is 27.8. The van der Waals surface area contributed by atoms with E-state index in [1.54, 1.807) is 23.1 Å². The van der Waals surface area contributed by atoms with Crippen molar-refractivity contribution in [1.29, 1.82) is 0 Å². The predicted octanol–water partition coefficient (Wildman–Crippen LogP) is 6.79. The van der Waals surface area contributed by atoms with E-state index in [2.05, 4.69) is 12.2 Å². The number of nitrogens with one attached hydrogen (secondary N) is 1. The summed E-state index contributed by atoms with van der Waals surface area (Å²) in [6, 6.07) is 22.5. The summed E-state index contributed by atoms with van der Waals surface area (Å²) in [4.78, 5) is 28.9. The van der Waals surface area contributed by atoms with Crippen molar-refractivity contribution in [2.24, 2.45) is 0 Å². The molecule has 190 valence electrons. The van der Waals surface area contributed by atoms with Crippen LogP contribution in [0.5, 0.6) is 0 Å². The molecule has 0 bridgehead atoms. The standard InChI is InChI=1S/C30H34Cl2N2O2/c1-3-4-19-33-30(36)28(20-24-9-6-5-7-10-24)34(21-25-26(31)11-8-12-27(25)32)29(35)18-17-23-15-13-22(2)14-16-23/h5-16,28H,3-4,17-21H2,1-2H3,(H,33,36). The Morgan fingerprint density at radius 3 is 2.19 bits per heavy atom. The lowest BCUT2D eigenvalue weighted by molar-refractivity contribution is -0.141. The van der Waals surface area contributed by atoms with Crippen molar-refractivity contribution in [3.63, 3.8) is 0 Å². The van der Waals surface area contributed by atoms with Crippen LogP contribution in [0.2, 0.25) is 10.0 Å². The van der Waals surface area contributed by atoms with Gasteiger partial charge in [-0.25, -0.2) is 0 Å². The number of carbonyl (C=O) groups excluding carboxylic acids is 2. The summed E-state index contributed by atoms with van der Waals surface area (Å²) >= 11 is 13.0. The Kier molecular flexibility index (Phi) is 10.8. The second-order valence-electron chi connectivity index (χ2n) is 9.06. The van der Waals surface area contributed by atoms with Gasteiger partial charge >= 0.3 is 0 Å². The number of nitrogens with zero attached hydrogens (tertiary/aromatic N) is 1. The molecule has 0 saturated heterocycles. The van der Waals surface area contributed by atoms with E-state index in [-0.39, 0.29) is 24.8 Å². The third kappa shape index (κ3) is 8.11. The fraction of sp³-hybridized carbons (Fsp3) is 0.333. The number of aryl methyl sites for hydroxylation is 2. The minimum atomic E-state index is -0.692. The van der Waals surface area contributed by atoms with E-state index in [0.29, 0.717) is 35.0 Å². The van der Waals surface area contributed by atoms with Crippen molar-refractivity contribution in [2.75, 3.05) is 6.54 Å². The van der Waals surface area contributed by atoms with Crippen molar-refractivity contribution >= 4 is 35.0 Å². The Bertz CT molecular complexity index is 1110. The van der Waals surface area contributed by atoms with Gasteiger partial charge in [0.2, 0.25) is 11.8 Å². The van der Waals surface area contributed by atoms with Gasteiger partial charge in [0.05, 0.1) is 0 Å². The monoisotopic (exact) mass is 524 g/mol. The number of halogens is 2. The second-order valence-corrected chi connectivity index (χ2v) is 9.87. The summed E-state index contributed by atoms with van der Waals surface area (Å²) < 4.78 is 0. The molecule has 3 rings (SSSR count). The number of carbonyl (C=O) groups is 2. The van der Waals surface area contributed by atoms with Crippen LogP contribution in [0.3, 0.4) is 0 Å². The van der Waals surface area contributed by atoms with Crippen molar-refractivity contribution in [3.05, 3.63) is 105 Å². The molecule has 0 radical (unpaired) electrons. The first-order valence-corrected chi connectivity index (χ1v) is 13.2. The Balaban J connectivity index is 1.92. The molecule has 0 heterocycles. The fourth-order valence-corrected chi connectivity index (χ4v) is 4.58. The van der Waals surface area contributed by atoms with Gasteiger partial charge in [0.1, 0.15) is 6.04 Å². The van der Waals surface area contributed by atoms with Crippen LogP contribution < -0.4 is 5.32 Å². The van der Waals surface area contributed by atoms with Crippen molar-refractivity contribution in [3.8, 4) is 0 Å². The van der Waals surface area contributed by atoms with Crippen LogP contribution in [-0.4, -0.2) is 29.3 Å². The van der Waals surface area contributed by atoms with E-state index in [1.165, 1.54) is 5.56 Å². The zero-order valence-corrected chi connectivity index (χ0v) is 22.5. The summed E-state index contributed by atoms with van der Waals surface area (Å²) in [6.45, 7) is 4.84. The molecule has 0 aliphatic rings. The van der Waals surface area contributed by atoms with E-state index in [4.69, 9.17) is 23.2 Å². The highest BCUT2D eigenvalue weighted by Gasteiger charge is 2.31. The van der Waals surface area contributed by atoms with E-state index in [0.717, 1.165) is 24.0 Å². The molecule has 36 heavy (non-hydrogen) atoms. The van der Waals surface area contributed by atoms with Crippen LogP contribution in [0.15, 0.2) is 72.8 Å². The normalized spacial score (nSPS) is 11.7. The van der Waals surface area contributed by atoms with Crippen molar-refractivity contribution < 1.29 is 9.59 Å². The van der Waals surface area contributed by atoms with Gasteiger partial charge in [0.25, 0.3) is 0 Å². The summed E-state index contributed by atoms with van der Waals surface area (Å²) in [7, 11) is 0. The molecular formula is C30H34Cl2N2O2. The molecule has 0 fully saturated rings. The average molecular weight is 526 g/mol. The summed E-state index contributed by atoms with van der Waals surface area (Å²) in [6.07, 6.45) is 3.11. The van der Waals surface area contributed by atoms with Gasteiger partial charge < -0.3 is 10.2 Å². The van der Waals surface area contributed by atoms with Crippen LogP contribution in [0, 0.1) is 6.92 Å². The smallest absolute Gasteiger partial charge is 0.243 e. The van der Waals surface area contributed by atoms with Crippen molar-refractivity contribution in [2.45, 2.75) is 58.5 Å². The van der Waals surface area contributed by atoms with Crippen molar-refractivity contribution in [1.82, 2.24) is 10.2 Å². The number of hydrogen-bond acceptors (Lipinski definition) is 2. The van der Waals surface area contributed by atoms with E-state index < -0.39 is 6.04 Å². The zero-order chi connectivity index (χ0) is 25.9. The molecule has 6 heteroatoms. The lowest BCUT2D eigenvalue weighted by atomic mass is 10.0. The zero-order valence-electron chi connectivity index (χ0n) is 21.0. The number of benzene rings is 3. The van der Waals surface area contributed by atoms with Crippen LogP contribution in [0.1, 0.15) is 48.4 Å². The molecule has 0 spiro atoms. The Morgan fingerprint density at radius 1 is 0.889 bits per heavy atom. The molecule has 0 aromatic heterocycles. The lowest BCUT2D eigenvalue weighted by Crippen LogP contribution is -2.50. The first-order chi connectivity index (χ1) is 17.4. The lowest BCUT2D eigenvalue weighted by Gasteiger charge is -2.32. The predicted molar refractivity (Wildman–Crippen MR) is 148 cm³/mol. The maximum Gasteiger partial charge on any atom is 0.243 e. The third-order valence-corrected chi connectivity index (χ3v) is 6.95. The Hall–Kier alpha value is -2.82. The highest BCUT2D eigenvalue weighted by atomic mass is 35.5. The Morgan fingerprint density at radius 2 is 1.56 bits per heavy atom. The van der Waals surface area contributed by atoms with Crippen LogP contribution in [-0.2, 0) is 29.0 Å². The minimum Gasteiger partial charge on any atom is -0.354 e. The Labute approximate surface area is 224 Å². The largest absolute Gasteiger partial charge is 0.354 e. The van der Waals surface area contributed by atoms with Gasteiger partial charge in [-0.3, -0.25) is 9.59 Å². The van der Waals surface area contributed by atoms with Gasteiger partial charge in [0.15, 0.2) is 0 Å². The minimum absolute atomic E-state index is 0.113. The molecule has 1 N–H and O–H groups in total. The molecule has 1 atom stereocenters. The summed E-state index contributed by atoms with van der Waals surface area (Å²) in [5.41, 5.74) is 3.88. The molecular weight excluding hydrogens is 491 g/mol. The topological polar surface area (TPSA) is 49.4 Å². The quantitative estimate of drug-likeness (QED) is 0.265. The SMILES string of the molecule is CCCCNC(=O)C(Cc1ccccc1)N(Cc1c(Cl)cccc1Cl)C(=O)CCc1ccc(C)cc1. The molecule has 4 nitrogen and oxygen atoms in total. The first-order valence-electron chi connectivity index (χ1n) is 12.5. The maximum absolute atomic E-state index is 13.7. The maximum atomic E-state index is 13.7. The van der Waals surface area contributed by atoms with E-state index in [1.807, 2.05) is 61.5 Å². The molecule has 3 aromatic rings. The number of amides is 2. The molecule has 0 aliphatic carbocycles. The average Bonchev–Trinajstić information content (AvgIpc) is 2.88. The second kappa shape index (κ2) is 14.1. The van der Waals surface area contributed by atoms with Gasteiger partial charge in [0, 0.05) is 41.5 Å². The summed E-state index contributed by atoms with van der Waals surface area (Å²) in [5.74, 6) is -0.280. The number of unbranched alkanes of at least 4 members (excludes halogenated alkanes) is 1. The highest BCUT2D eigenvalue weighted by Crippen LogP contribution is 2.27. The van der Waals surface area contributed by atoms with Gasteiger partial charge in [-0.05, 0) is 43.0 Å². The van der Waals surface area contributed by atoms with Gasteiger partial charge in [-0.1, -0.05) is 103 Å². The van der Waals surface area contributed by atoms with E-state index in [9.17, 15) is 9.59 Å². The molecule has 1 unspecified atom stereocenters. The van der Waals surface area contributed by atoms with Crippen LogP contribution >= 0.6 is 23.2 Å². The molecule has 0 aliphatic heterocycles.